The van der Waals surface area contributed by atoms with Crippen LogP contribution in [0.1, 0.15) is 57.0 Å². The Morgan fingerprint density at radius 2 is 1.96 bits per heavy atom. The van der Waals surface area contributed by atoms with Crippen molar-refractivity contribution in [3.05, 3.63) is 54.0 Å². The molecule has 2 heterocycles. The monoisotopic (exact) mass is 385 g/mol. The molecule has 28 heavy (non-hydrogen) atoms. The number of furan rings is 1. The number of benzene rings is 1. The van der Waals surface area contributed by atoms with Gasteiger partial charge in [0.15, 0.2) is 0 Å². The Morgan fingerprint density at radius 1 is 1.18 bits per heavy atom. The van der Waals surface area contributed by atoms with Crippen molar-refractivity contribution in [3.8, 4) is 5.75 Å². The summed E-state index contributed by atoms with van der Waals surface area (Å²) < 4.78 is 11.4. The Hall–Kier alpha value is -2.47. The number of ether oxygens (including phenoxy) is 1. The van der Waals surface area contributed by atoms with Gasteiger partial charge in [-0.25, -0.2) is 4.79 Å². The van der Waals surface area contributed by atoms with Crippen molar-refractivity contribution in [2.45, 2.75) is 51.8 Å². The van der Waals surface area contributed by atoms with E-state index in [-0.39, 0.29) is 24.2 Å². The summed E-state index contributed by atoms with van der Waals surface area (Å²) in [6.45, 7) is 8.55. The van der Waals surface area contributed by atoms with Crippen LogP contribution in [-0.2, 0) is 0 Å². The number of nitrogens with one attached hydrogen (secondary N) is 2. The minimum Gasteiger partial charge on any atom is -0.491 e. The van der Waals surface area contributed by atoms with E-state index in [1.807, 2.05) is 57.2 Å². The standard InChI is InChI=1S/C22H31N3O3/c1-16(2)28-19-9-6-8-18(14-19)17(3)24-22(26)23-15-20(21-10-7-13-27-21)25-11-4-5-12-25/h6-10,13-14,16-17,20H,4-5,11-12,15H2,1-3H3,(H2,23,24,26). The van der Waals surface area contributed by atoms with Crippen LogP contribution >= 0.6 is 0 Å². The number of hydrogen-bond donors (Lipinski definition) is 2. The summed E-state index contributed by atoms with van der Waals surface area (Å²) in [7, 11) is 0. The minimum absolute atomic E-state index is 0.0707. The number of hydrogen-bond acceptors (Lipinski definition) is 4. The average molecular weight is 386 g/mol. The van der Waals surface area contributed by atoms with Gasteiger partial charge in [-0.2, -0.15) is 0 Å². The second-order valence-electron chi connectivity index (χ2n) is 7.59. The molecule has 2 aromatic rings. The number of urea groups is 1. The first-order valence-corrected chi connectivity index (χ1v) is 10.1. The highest BCUT2D eigenvalue weighted by molar-refractivity contribution is 5.74. The topological polar surface area (TPSA) is 66.7 Å². The second-order valence-corrected chi connectivity index (χ2v) is 7.59. The molecule has 2 unspecified atom stereocenters. The van der Waals surface area contributed by atoms with Gasteiger partial charge in [-0.1, -0.05) is 12.1 Å². The van der Waals surface area contributed by atoms with Crippen LogP contribution in [0.15, 0.2) is 47.1 Å². The Morgan fingerprint density at radius 3 is 2.64 bits per heavy atom. The van der Waals surface area contributed by atoms with Crippen molar-refractivity contribution in [2.75, 3.05) is 19.6 Å². The van der Waals surface area contributed by atoms with Gasteiger partial charge in [0.1, 0.15) is 11.5 Å². The first-order valence-electron chi connectivity index (χ1n) is 10.1. The quantitative estimate of drug-likeness (QED) is 0.712. The van der Waals surface area contributed by atoms with Crippen molar-refractivity contribution >= 4 is 6.03 Å². The van der Waals surface area contributed by atoms with Crippen LogP contribution in [0.5, 0.6) is 5.75 Å². The third-order valence-electron chi connectivity index (χ3n) is 4.99. The predicted octanol–water partition coefficient (Wildman–Crippen LogP) is 4.26. The normalized spacial score (nSPS) is 16.7. The first kappa shape index (κ1) is 20.3. The van der Waals surface area contributed by atoms with Crippen LogP contribution in [-0.4, -0.2) is 36.7 Å². The Balaban J connectivity index is 1.55. The van der Waals surface area contributed by atoms with Crippen LogP contribution in [0.2, 0.25) is 0 Å². The Bertz CT molecular complexity index is 739. The number of carbonyl (C=O) groups is 1. The maximum atomic E-state index is 12.5. The van der Waals surface area contributed by atoms with Crippen LogP contribution in [0.3, 0.4) is 0 Å². The van der Waals surface area contributed by atoms with Gasteiger partial charge in [0.25, 0.3) is 0 Å². The van der Waals surface area contributed by atoms with Gasteiger partial charge in [-0.15, -0.1) is 0 Å². The zero-order valence-corrected chi connectivity index (χ0v) is 17.0. The summed E-state index contributed by atoms with van der Waals surface area (Å²) in [5.74, 6) is 1.71. The van der Waals surface area contributed by atoms with Gasteiger partial charge in [0.2, 0.25) is 0 Å². The largest absolute Gasteiger partial charge is 0.491 e. The zero-order chi connectivity index (χ0) is 19.9. The van der Waals surface area contributed by atoms with Crippen molar-refractivity contribution in [2.24, 2.45) is 0 Å². The van der Waals surface area contributed by atoms with E-state index in [2.05, 4.69) is 15.5 Å². The lowest BCUT2D eigenvalue weighted by atomic mass is 10.1. The molecule has 6 nitrogen and oxygen atoms in total. The van der Waals surface area contributed by atoms with E-state index >= 15 is 0 Å². The highest BCUT2D eigenvalue weighted by atomic mass is 16.5. The molecule has 1 aromatic carbocycles. The maximum absolute atomic E-state index is 12.5. The highest BCUT2D eigenvalue weighted by Gasteiger charge is 2.26. The molecule has 1 aliphatic rings. The fraction of sp³-hybridized carbons (Fsp3) is 0.500. The van der Waals surface area contributed by atoms with Gasteiger partial charge in [-0.05, 0) is 76.5 Å². The third-order valence-corrected chi connectivity index (χ3v) is 4.99. The summed E-state index contributed by atoms with van der Waals surface area (Å²) >= 11 is 0. The van der Waals surface area contributed by atoms with E-state index in [4.69, 9.17) is 9.15 Å². The maximum Gasteiger partial charge on any atom is 0.315 e. The molecule has 2 amide bonds. The minimum atomic E-state index is -0.182. The molecule has 0 saturated carbocycles. The smallest absolute Gasteiger partial charge is 0.315 e. The molecule has 2 N–H and O–H groups in total. The zero-order valence-electron chi connectivity index (χ0n) is 17.0. The number of nitrogens with zero attached hydrogens (tertiary/aromatic N) is 1. The number of carbonyl (C=O) groups excluding carboxylic acids is 1. The molecule has 1 fully saturated rings. The van der Waals surface area contributed by atoms with E-state index in [0.29, 0.717) is 6.54 Å². The number of likely N-dealkylation sites (tertiary alicyclic amines) is 1. The summed E-state index contributed by atoms with van der Waals surface area (Å²) in [4.78, 5) is 14.8. The lowest BCUT2D eigenvalue weighted by molar-refractivity contribution is 0.202. The van der Waals surface area contributed by atoms with Crippen LogP contribution < -0.4 is 15.4 Å². The van der Waals surface area contributed by atoms with Crippen LogP contribution in [0.4, 0.5) is 4.79 Å². The van der Waals surface area contributed by atoms with Gasteiger partial charge in [-0.3, -0.25) is 4.90 Å². The van der Waals surface area contributed by atoms with Gasteiger partial charge in [0, 0.05) is 6.54 Å². The fourth-order valence-corrected chi connectivity index (χ4v) is 3.59. The van der Waals surface area contributed by atoms with Crippen LogP contribution in [0, 0.1) is 0 Å². The first-order chi connectivity index (χ1) is 13.5. The second kappa shape index (κ2) is 9.64. The Labute approximate surface area is 167 Å². The molecule has 152 valence electrons. The molecular weight excluding hydrogens is 354 g/mol. The van der Waals surface area contributed by atoms with Crippen molar-refractivity contribution < 1.29 is 13.9 Å². The molecule has 0 spiro atoms. The van der Waals surface area contributed by atoms with Crippen molar-refractivity contribution in [3.63, 3.8) is 0 Å². The van der Waals surface area contributed by atoms with Crippen molar-refractivity contribution in [1.29, 1.82) is 0 Å². The van der Waals surface area contributed by atoms with E-state index in [9.17, 15) is 4.79 Å². The molecule has 1 aliphatic heterocycles. The number of rotatable bonds is 8. The van der Waals surface area contributed by atoms with E-state index < -0.39 is 0 Å². The van der Waals surface area contributed by atoms with E-state index in [0.717, 1.165) is 30.2 Å². The lowest BCUT2D eigenvalue weighted by Gasteiger charge is -2.26. The summed E-state index contributed by atoms with van der Waals surface area (Å²) in [6.07, 6.45) is 4.18. The van der Waals surface area contributed by atoms with E-state index in [1.165, 1.54) is 12.8 Å². The number of amides is 2. The highest BCUT2D eigenvalue weighted by Crippen LogP contribution is 2.25. The third kappa shape index (κ3) is 5.52. The SMILES string of the molecule is CC(C)Oc1cccc(C(C)NC(=O)NCC(c2ccco2)N2CCCC2)c1. The molecule has 3 rings (SSSR count). The summed E-state index contributed by atoms with van der Waals surface area (Å²) in [5, 5.41) is 6.03. The molecule has 0 bridgehead atoms. The van der Waals surface area contributed by atoms with E-state index in [1.54, 1.807) is 6.26 Å². The molecule has 1 aromatic heterocycles. The van der Waals surface area contributed by atoms with Crippen LogP contribution in [0.25, 0.3) is 0 Å². The summed E-state index contributed by atoms with van der Waals surface area (Å²) in [6, 6.07) is 11.5. The Kier molecular flexibility index (Phi) is 6.98. The molecule has 0 aliphatic carbocycles. The molecule has 2 atom stereocenters. The molecule has 6 heteroatoms. The predicted molar refractivity (Wildman–Crippen MR) is 109 cm³/mol. The molecule has 1 saturated heterocycles. The molecule has 0 radical (unpaired) electrons. The lowest BCUT2D eigenvalue weighted by Crippen LogP contribution is -2.42. The average Bonchev–Trinajstić information content (AvgIpc) is 3.36. The van der Waals surface area contributed by atoms with Gasteiger partial charge in [0.05, 0.1) is 24.5 Å². The summed E-state index contributed by atoms with van der Waals surface area (Å²) in [5.41, 5.74) is 1.01. The van der Waals surface area contributed by atoms with Gasteiger partial charge < -0.3 is 19.8 Å². The fourth-order valence-electron chi connectivity index (χ4n) is 3.59. The van der Waals surface area contributed by atoms with Gasteiger partial charge >= 0.3 is 6.03 Å². The molecular formula is C22H31N3O3. The van der Waals surface area contributed by atoms with Crippen molar-refractivity contribution in [1.82, 2.24) is 15.5 Å².